The predicted molar refractivity (Wildman–Crippen MR) is 58.4 cm³/mol. The molecular formula is C11H12FN3O. The van der Waals surface area contributed by atoms with E-state index >= 15 is 0 Å². The Morgan fingerprint density at radius 1 is 1.56 bits per heavy atom. The van der Waals surface area contributed by atoms with Crippen molar-refractivity contribution in [1.82, 2.24) is 5.32 Å². The Morgan fingerprint density at radius 2 is 2.31 bits per heavy atom. The van der Waals surface area contributed by atoms with Crippen LogP contribution in [0.4, 0.5) is 14.9 Å². The topological polar surface area (TPSA) is 64.9 Å². The van der Waals surface area contributed by atoms with Gasteiger partial charge < -0.3 is 10.6 Å². The van der Waals surface area contributed by atoms with Gasteiger partial charge in [0.25, 0.3) is 0 Å². The summed E-state index contributed by atoms with van der Waals surface area (Å²) in [4.78, 5) is 11.3. The number of rotatable bonds is 3. The third kappa shape index (κ3) is 3.24. The van der Waals surface area contributed by atoms with E-state index in [0.717, 1.165) is 12.5 Å². The third-order valence-electron chi connectivity index (χ3n) is 1.88. The number of nitrogens with one attached hydrogen (secondary N) is 2. The lowest BCUT2D eigenvalue weighted by molar-refractivity contribution is 0.252. The van der Waals surface area contributed by atoms with Crippen LogP contribution in [0, 0.1) is 17.1 Å². The second kappa shape index (κ2) is 5.71. The summed E-state index contributed by atoms with van der Waals surface area (Å²) in [6, 6.07) is 5.19. The molecule has 0 atom stereocenters. The molecule has 0 unspecified atom stereocenters. The standard InChI is InChI=1S/C11H12FN3O/c1-2-5-14-11(16)15-9-3-4-10(12)8(6-9)7-13/h3-4,6H,2,5H2,1H3,(H2,14,15,16). The van der Waals surface area contributed by atoms with E-state index in [9.17, 15) is 9.18 Å². The first kappa shape index (κ1) is 12.0. The Morgan fingerprint density at radius 3 is 2.94 bits per heavy atom. The first-order valence-electron chi connectivity index (χ1n) is 4.92. The summed E-state index contributed by atoms with van der Waals surface area (Å²) >= 11 is 0. The summed E-state index contributed by atoms with van der Waals surface area (Å²) in [5.41, 5.74) is 0.305. The lowest BCUT2D eigenvalue weighted by atomic mass is 10.2. The molecule has 0 bridgehead atoms. The van der Waals surface area contributed by atoms with Crippen LogP contribution in [0.25, 0.3) is 0 Å². The molecule has 0 aliphatic heterocycles. The van der Waals surface area contributed by atoms with Gasteiger partial charge in [0.2, 0.25) is 0 Å². The maximum absolute atomic E-state index is 13.0. The molecule has 0 fully saturated rings. The zero-order valence-corrected chi connectivity index (χ0v) is 8.88. The van der Waals surface area contributed by atoms with E-state index in [0.29, 0.717) is 12.2 Å². The van der Waals surface area contributed by atoms with Gasteiger partial charge >= 0.3 is 6.03 Å². The Labute approximate surface area is 93.1 Å². The van der Waals surface area contributed by atoms with Crippen LogP contribution in [0.3, 0.4) is 0 Å². The number of nitrogens with zero attached hydrogens (tertiary/aromatic N) is 1. The van der Waals surface area contributed by atoms with E-state index in [1.54, 1.807) is 6.07 Å². The molecule has 2 N–H and O–H groups in total. The third-order valence-corrected chi connectivity index (χ3v) is 1.88. The van der Waals surface area contributed by atoms with E-state index in [4.69, 9.17) is 5.26 Å². The van der Waals surface area contributed by atoms with Gasteiger partial charge in [0.05, 0.1) is 5.56 Å². The molecule has 1 aromatic carbocycles. The summed E-state index contributed by atoms with van der Waals surface area (Å²) in [6.45, 7) is 2.50. The maximum atomic E-state index is 13.0. The number of urea groups is 1. The largest absolute Gasteiger partial charge is 0.338 e. The second-order valence-electron chi connectivity index (χ2n) is 3.19. The van der Waals surface area contributed by atoms with E-state index in [1.165, 1.54) is 12.1 Å². The minimum absolute atomic E-state index is 0.0895. The number of hydrogen-bond donors (Lipinski definition) is 2. The first-order valence-corrected chi connectivity index (χ1v) is 4.92. The highest BCUT2D eigenvalue weighted by molar-refractivity contribution is 5.89. The number of amides is 2. The van der Waals surface area contributed by atoms with Crippen molar-refractivity contribution in [2.75, 3.05) is 11.9 Å². The lowest BCUT2D eigenvalue weighted by Gasteiger charge is -2.06. The normalized spacial score (nSPS) is 9.31. The minimum atomic E-state index is -0.595. The van der Waals surface area contributed by atoms with E-state index in [1.807, 2.05) is 6.92 Å². The number of benzene rings is 1. The number of carbonyl (C=O) groups is 1. The fraction of sp³-hybridized carbons (Fsp3) is 0.273. The van der Waals surface area contributed by atoms with Crippen LogP contribution in [0.2, 0.25) is 0 Å². The molecule has 1 rings (SSSR count). The van der Waals surface area contributed by atoms with Crippen molar-refractivity contribution < 1.29 is 9.18 Å². The van der Waals surface area contributed by atoms with Crippen molar-refractivity contribution in [2.24, 2.45) is 0 Å². The molecule has 0 saturated carbocycles. The van der Waals surface area contributed by atoms with Gasteiger partial charge in [-0.25, -0.2) is 9.18 Å². The molecule has 0 aromatic heterocycles. The average Bonchev–Trinajstić information content (AvgIpc) is 2.29. The monoisotopic (exact) mass is 221 g/mol. The summed E-state index contributed by atoms with van der Waals surface area (Å²) in [7, 11) is 0. The second-order valence-corrected chi connectivity index (χ2v) is 3.19. The summed E-state index contributed by atoms with van der Waals surface area (Å²) < 4.78 is 13.0. The van der Waals surface area contributed by atoms with Gasteiger partial charge in [0.1, 0.15) is 11.9 Å². The van der Waals surface area contributed by atoms with Gasteiger partial charge in [-0.3, -0.25) is 0 Å². The molecule has 0 aliphatic carbocycles. The number of halogens is 1. The molecule has 0 saturated heterocycles. The first-order chi connectivity index (χ1) is 7.67. The average molecular weight is 221 g/mol. The molecule has 0 spiro atoms. The minimum Gasteiger partial charge on any atom is -0.338 e. The molecule has 0 radical (unpaired) electrons. The van der Waals surface area contributed by atoms with Crippen LogP contribution in [-0.4, -0.2) is 12.6 Å². The Balaban J connectivity index is 2.68. The van der Waals surface area contributed by atoms with Crippen molar-refractivity contribution >= 4 is 11.7 Å². The van der Waals surface area contributed by atoms with Crippen LogP contribution >= 0.6 is 0 Å². The molecule has 0 aliphatic rings. The molecule has 4 nitrogen and oxygen atoms in total. The van der Waals surface area contributed by atoms with Gasteiger partial charge in [-0.05, 0) is 24.6 Å². The fourth-order valence-electron chi connectivity index (χ4n) is 1.10. The summed E-state index contributed by atoms with van der Waals surface area (Å²) in [6.07, 6.45) is 0.834. The molecule has 5 heteroatoms. The Kier molecular flexibility index (Phi) is 4.28. The van der Waals surface area contributed by atoms with Crippen molar-refractivity contribution in [1.29, 1.82) is 5.26 Å². The highest BCUT2D eigenvalue weighted by Crippen LogP contribution is 2.13. The number of nitriles is 1. The highest BCUT2D eigenvalue weighted by atomic mass is 19.1. The van der Waals surface area contributed by atoms with Crippen molar-refractivity contribution in [3.05, 3.63) is 29.6 Å². The lowest BCUT2D eigenvalue weighted by Crippen LogP contribution is -2.29. The van der Waals surface area contributed by atoms with Crippen LogP contribution in [0.1, 0.15) is 18.9 Å². The number of hydrogen-bond acceptors (Lipinski definition) is 2. The van der Waals surface area contributed by atoms with Crippen molar-refractivity contribution in [2.45, 2.75) is 13.3 Å². The highest BCUT2D eigenvalue weighted by Gasteiger charge is 2.05. The van der Waals surface area contributed by atoms with Gasteiger partial charge in [0, 0.05) is 12.2 Å². The SMILES string of the molecule is CCCNC(=O)Nc1ccc(F)c(C#N)c1. The molecule has 1 aromatic rings. The number of carbonyl (C=O) groups excluding carboxylic acids is 1. The van der Waals surface area contributed by atoms with E-state index < -0.39 is 5.82 Å². The molecule has 0 heterocycles. The van der Waals surface area contributed by atoms with E-state index in [-0.39, 0.29) is 11.6 Å². The summed E-state index contributed by atoms with van der Waals surface area (Å²) in [5.74, 6) is -0.595. The fourth-order valence-corrected chi connectivity index (χ4v) is 1.10. The van der Waals surface area contributed by atoms with Gasteiger partial charge in [-0.1, -0.05) is 6.92 Å². The maximum Gasteiger partial charge on any atom is 0.319 e. The number of anilines is 1. The summed E-state index contributed by atoms with van der Waals surface area (Å²) in [5, 5.41) is 13.7. The quantitative estimate of drug-likeness (QED) is 0.821. The molecule has 2 amide bonds. The zero-order valence-electron chi connectivity index (χ0n) is 8.88. The predicted octanol–water partition coefficient (Wildman–Crippen LogP) is 2.23. The zero-order chi connectivity index (χ0) is 12.0. The molecular weight excluding hydrogens is 209 g/mol. The van der Waals surface area contributed by atoms with Crippen molar-refractivity contribution in [3.63, 3.8) is 0 Å². The van der Waals surface area contributed by atoms with Crippen LogP contribution in [0.5, 0.6) is 0 Å². The van der Waals surface area contributed by atoms with Gasteiger partial charge in [-0.15, -0.1) is 0 Å². The molecule has 84 valence electrons. The van der Waals surface area contributed by atoms with Crippen LogP contribution in [0.15, 0.2) is 18.2 Å². The smallest absolute Gasteiger partial charge is 0.319 e. The van der Waals surface area contributed by atoms with Gasteiger partial charge in [0.15, 0.2) is 0 Å². The Hall–Kier alpha value is -2.09. The van der Waals surface area contributed by atoms with Crippen LogP contribution < -0.4 is 10.6 Å². The Bertz CT molecular complexity index is 426. The molecule has 16 heavy (non-hydrogen) atoms. The van der Waals surface area contributed by atoms with E-state index in [2.05, 4.69) is 10.6 Å². The van der Waals surface area contributed by atoms with Crippen molar-refractivity contribution in [3.8, 4) is 6.07 Å². The van der Waals surface area contributed by atoms with Gasteiger partial charge in [-0.2, -0.15) is 5.26 Å². The van der Waals surface area contributed by atoms with Crippen LogP contribution in [-0.2, 0) is 0 Å².